The summed E-state index contributed by atoms with van der Waals surface area (Å²) in [5.74, 6) is 0.545. The van der Waals surface area contributed by atoms with E-state index in [0.717, 1.165) is 23.3 Å². The van der Waals surface area contributed by atoms with E-state index in [2.05, 4.69) is 36.5 Å². The lowest BCUT2D eigenvalue weighted by Gasteiger charge is -2.32. The highest BCUT2D eigenvalue weighted by molar-refractivity contribution is 5.40. The third kappa shape index (κ3) is 2.41. The van der Waals surface area contributed by atoms with Crippen molar-refractivity contribution in [1.82, 2.24) is 5.32 Å². The number of ether oxygens (including phenoxy) is 1. The number of hydrogen-bond donors (Lipinski definition) is 1. The van der Waals surface area contributed by atoms with Gasteiger partial charge in [0.2, 0.25) is 0 Å². The van der Waals surface area contributed by atoms with Crippen molar-refractivity contribution in [1.29, 1.82) is 0 Å². The van der Waals surface area contributed by atoms with Gasteiger partial charge in [-0.25, -0.2) is 4.39 Å². The first-order valence-corrected chi connectivity index (χ1v) is 6.87. The maximum absolute atomic E-state index is 13.4. The van der Waals surface area contributed by atoms with Crippen LogP contribution in [0.25, 0.3) is 0 Å². The molecule has 1 heterocycles. The molecule has 0 spiro atoms. The predicted octanol–water partition coefficient (Wildman–Crippen LogP) is 3.92. The molecule has 2 unspecified atom stereocenters. The summed E-state index contributed by atoms with van der Waals surface area (Å²) in [4.78, 5) is 0. The van der Waals surface area contributed by atoms with Gasteiger partial charge in [-0.15, -0.1) is 0 Å². The van der Waals surface area contributed by atoms with Crippen LogP contribution in [0, 0.1) is 12.7 Å². The van der Waals surface area contributed by atoms with E-state index in [1.54, 1.807) is 12.1 Å². The molecule has 3 heteroatoms. The van der Waals surface area contributed by atoms with Crippen molar-refractivity contribution in [3.63, 3.8) is 0 Å². The summed E-state index contributed by atoms with van der Waals surface area (Å²) < 4.78 is 19.4. The van der Waals surface area contributed by atoms with Crippen molar-refractivity contribution in [3.05, 3.63) is 65.0 Å². The third-order valence-corrected chi connectivity index (χ3v) is 3.86. The first-order chi connectivity index (χ1) is 9.67. The Morgan fingerprint density at radius 1 is 1.15 bits per heavy atom. The Balaban J connectivity index is 1.94. The number of aryl methyl sites for hydroxylation is 1. The minimum Gasteiger partial charge on any atom is -0.485 e. The van der Waals surface area contributed by atoms with Gasteiger partial charge < -0.3 is 10.1 Å². The topological polar surface area (TPSA) is 21.3 Å². The number of nitrogens with one attached hydrogen (secondary N) is 1. The number of rotatable bonds is 2. The largest absolute Gasteiger partial charge is 0.485 e. The Labute approximate surface area is 118 Å². The zero-order chi connectivity index (χ0) is 14.1. The Bertz CT molecular complexity index is 609. The Morgan fingerprint density at radius 3 is 2.60 bits per heavy atom. The van der Waals surface area contributed by atoms with Gasteiger partial charge in [0.05, 0.1) is 0 Å². The molecule has 0 fully saturated rings. The van der Waals surface area contributed by atoms with E-state index in [1.165, 1.54) is 11.6 Å². The number of benzene rings is 2. The average Bonchev–Trinajstić information content (AvgIpc) is 2.47. The molecule has 2 atom stereocenters. The Kier molecular flexibility index (Phi) is 3.45. The lowest BCUT2D eigenvalue weighted by molar-refractivity contribution is 0.153. The van der Waals surface area contributed by atoms with Crippen LogP contribution in [0.15, 0.2) is 42.5 Å². The monoisotopic (exact) mass is 271 g/mol. The molecule has 3 rings (SSSR count). The van der Waals surface area contributed by atoms with Crippen LogP contribution in [0.1, 0.15) is 35.3 Å². The molecule has 1 aliphatic heterocycles. The highest BCUT2D eigenvalue weighted by atomic mass is 19.1. The quantitative estimate of drug-likeness (QED) is 0.894. The van der Waals surface area contributed by atoms with Gasteiger partial charge in [-0.1, -0.05) is 29.8 Å². The van der Waals surface area contributed by atoms with Gasteiger partial charge in [-0.2, -0.15) is 0 Å². The zero-order valence-electron chi connectivity index (χ0n) is 11.7. The van der Waals surface area contributed by atoms with Crippen LogP contribution in [0.3, 0.4) is 0 Å². The summed E-state index contributed by atoms with van der Waals surface area (Å²) in [6, 6.07) is 13.2. The van der Waals surface area contributed by atoms with Gasteiger partial charge in [0.15, 0.2) is 0 Å². The van der Waals surface area contributed by atoms with Gasteiger partial charge in [-0.3, -0.25) is 0 Å². The van der Waals surface area contributed by atoms with Crippen LogP contribution >= 0.6 is 0 Å². The van der Waals surface area contributed by atoms with Crippen LogP contribution in [-0.4, -0.2) is 7.05 Å². The molecular weight excluding hydrogens is 253 g/mol. The lowest BCUT2D eigenvalue weighted by Crippen LogP contribution is -2.26. The van der Waals surface area contributed by atoms with E-state index in [4.69, 9.17) is 4.74 Å². The first kappa shape index (κ1) is 13.1. The van der Waals surface area contributed by atoms with E-state index in [1.807, 2.05) is 7.05 Å². The van der Waals surface area contributed by atoms with Crippen molar-refractivity contribution < 1.29 is 9.13 Å². The highest BCUT2D eigenvalue weighted by Crippen LogP contribution is 2.40. The molecule has 0 saturated heterocycles. The second-order valence-corrected chi connectivity index (χ2v) is 5.28. The first-order valence-electron chi connectivity index (χ1n) is 6.87. The van der Waals surface area contributed by atoms with Crippen LogP contribution < -0.4 is 10.1 Å². The SMILES string of the molecule is CNC1CC(c2ccc(C)cc2)Oc2ccc(F)cc21. The molecule has 0 aromatic heterocycles. The standard InChI is InChI=1S/C17H18FNO/c1-11-3-5-12(6-4-11)17-10-15(19-2)14-9-13(18)7-8-16(14)20-17/h3-9,15,17,19H,10H2,1-2H3. The molecule has 0 aliphatic carbocycles. The Morgan fingerprint density at radius 2 is 1.90 bits per heavy atom. The second-order valence-electron chi connectivity index (χ2n) is 5.28. The fourth-order valence-corrected chi connectivity index (χ4v) is 2.70. The van der Waals surface area contributed by atoms with E-state index >= 15 is 0 Å². The fraction of sp³-hybridized carbons (Fsp3) is 0.294. The van der Waals surface area contributed by atoms with Crippen LogP contribution in [0.5, 0.6) is 5.75 Å². The number of halogens is 1. The maximum Gasteiger partial charge on any atom is 0.126 e. The molecular formula is C17H18FNO. The minimum atomic E-state index is -0.221. The van der Waals surface area contributed by atoms with E-state index in [9.17, 15) is 4.39 Å². The number of fused-ring (bicyclic) bond motifs is 1. The van der Waals surface area contributed by atoms with Crippen LogP contribution in [0.4, 0.5) is 4.39 Å². The highest BCUT2D eigenvalue weighted by Gasteiger charge is 2.28. The predicted molar refractivity (Wildman–Crippen MR) is 77.4 cm³/mol. The molecule has 1 N–H and O–H groups in total. The molecule has 2 nitrogen and oxygen atoms in total. The summed E-state index contributed by atoms with van der Waals surface area (Å²) in [6.45, 7) is 2.07. The Hall–Kier alpha value is -1.87. The van der Waals surface area contributed by atoms with Gasteiger partial charge >= 0.3 is 0 Å². The number of hydrogen-bond acceptors (Lipinski definition) is 2. The van der Waals surface area contributed by atoms with Crippen LogP contribution in [0.2, 0.25) is 0 Å². The van der Waals surface area contributed by atoms with Gasteiger partial charge in [0.25, 0.3) is 0 Å². The smallest absolute Gasteiger partial charge is 0.126 e. The van der Waals surface area contributed by atoms with Crippen molar-refractivity contribution in [2.24, 2.45) is 0 Å². The normalized spacial score (nSPS) is 21.1. The van der Waals surface area contributed by atoms with E-state index in [-0.39, 0.29) is 18.0 Å². The van der Waals surface area contributed by atoms with Crippen molar-refractivity contribution in [3.8, 4) is 5.75 Å². The minimum absolute atomic E-state index is 0.00557. The molecule has 104 valence electrons. The molecule has 1 aliphatic rings. The van der Waals surface area contributed by atoms with Gasteiger partial charge in [0, 0.05) is 18.0 Å². The summed E-state index contributed by atoms with van der Waals surface area (Å²) >= 11 is 0. The molecule has 2 aromatic rings. The molecule has 2 aromatic carbocycles. The summed E-state index contributed by atoms with van der Waals surface area (Å²) in [5.41, 5.74) is 3.29. The molecule has 0 radical (unpaired) electrons. The third-order valence-electron chi connectivity index (χ3n) is 3.86. The molecule has 0 bridgehead atoms. The zero-order valence-corrected chi connectivity index (χ0v) is 11.7. The van der Waals surface area contributed by atoms with E-state index < -0.39 is 0 Å². The summed E-state index contributed by atoms with van der Waals surface area (Å²) in [7, 11) is 1.90. The van der Waals surface area contributed by atoms with Gasteiger partial charge in [-0.05, 0) is 37.7 Å². The molecule has 0 saturated carbocycles. The van der Waals surface area contributed by atoms with Gasteiger partial charge in [0.1, 0.15) is 17.7 Å². The van der Waals surface area contributed by atoms with Crippen molar-refractivity contribution in [2.75, 3.05) is 7.05 Å². The summed E-state index contributed by atoms with van der Waals surface area (Å²) in [5, 5.41) is 3.25. The maximum atomic E-state index is 13.4. The van der Waals surface area contributed by atoms with Crippen LogP contribution in [-0.2, 0) is 0 Å². The van der Waals surface area contributed by atoms with Crippen molar-refractivity contribution >= 4 is 0 Å². The van der Waals surface area contributed by atoms with E-state index in [0.29, 0.717) is 0 Å². The lowest BCUT2D eigenvalue weighted by atomic mass is 9.92. The fourth-order valence-electron chi connectivity index (χ4n) is 2.70. The second kappa shape index (κ2) is 5.25. The molecule has 20 heavy (non-hydrogen) atoms. The molecule has 0 amide bonds. The average molecular weight is 271 g/mol. The van der Waals surface area contributed by atoms with Crippen molar-refractivity contribution in [2.45, 2.75) is 25.5 Å². The summed E-state index contributed by atoms with van der Waals surface area (Å²) in [6.07, 6.45) is 0.807.